The third kappa shape index (κ3) is 1.77. The smallest absolute Gasteiger partial charge is 0.201 e. The highest BCUT2D eigenvalue weighted by molar-refractivity contribution is 7.05. The number of benzene rings is 1. The molecule has 80 valence electrons. The van der Waals surface area contributed by atoms with E-state index in [0.717, 1.165) is 23.5 Å². The van der Waals surface area contributed by atoms with E-state index >= 15 is 0 Å². The van der Waals surface area contributed by atoms with Gasteiger partial charge in [-0.1, -0.05) is 12.1 Å². The number of H-pyrrole nitrogens is 1. The van der Waals surface area contributed by atoms with E-state index in [2.05, 4.69) is 19.7 Å². The van der Waals surface area contributed by atoms with Gasteiger partial charge in [-0.15, -0.1) is 0 Å². The minimum absolute atomic E-state index is 0.754. The summed E-state index contributed by atoms with van der Waals surface area (Å²) >= 11 is 1.49. The van der Waals surface area contributed by atoms with Crippen molar-refractivity contribution in [2.75, 3.05) is 5.32 Å². The minimum Gasteiger partial charge on any atom is -0.351 e. The predicted molar refractivity (Wildman–Crippen MR) is 65.5 cm³/mol. The summed E-state index contributed by atoms with van der Waals surface area (Å²) in [5.74, 6) is 0.801. The van der Waals surface area contributed by atoms with E-state index in [4.69, 9.17) is 0 Å². The van der Waals surface area contributed by atoms with Crippen LogP contribution in [0.2, 0.25) is 0 Å². The molecule has 0 amide bonds. The van der Waals surface area contributed by atoms with Gasteiger partial charge in [0.05, 0.1) is 17.6 Å². The first kappa shape index (κ1) is 9.35. The average Bonchev–Trinajstić information content (AvgIpc) is 2.95. The van der Waals surface area contributed by atoms with E-state index in [1.807, 2.05) is 30.3 Å². The Hall–Kier alpha value is -1.88. The van der Waals surface area contributed by atoms with Crippen molar-refractivity contribution in [2.45, 2.75) is 6.54 Å². The van der Waals surface area contributed by atoms with Gasteiger partial charge >= 0.3 is 0 Å². The first-order valence-electron chi connectivity index (χ1n) is 5.00. The fourth-order valence-corrected chi connectivity index (χ4v) is 2.06. The second kappa shape index (κ2) is 3.94. The quantitative estimate of drug-likeness (QED) is 0.727. The number of aromatic nitrogens is 3. The molecule has 2 aromatic heterocycles. The number of fused-ring (bicyclic) bond motifs is 1. The molecule has 0 atom stereocenters. The van der Waals surface area contributed by atoms with E-state index in [1.54, 1.807) is 6.20 Å². The maximum atomic E-state index is 4.43. The zero-order valence-corrected chi connectivity index (χ0v) is 9.29. The van der Waals surface area contributed by atoms with Crippen LogP contribution >= 0.6 is 11.5 Å². The fraction of sp³-hybridized carbons (Fsp3) is 0.0909. The van der Waals surface area contributed by atoms with Gasteiger partial charge in [0.2, 0.25) is 5.95 Å². The van der Waals surface area contributed by atoms with Crippen molar-refractivity contribution < 1.29 is 0 Å². The number of rotatable bonds is 3. The molecule has 0 fully saturated rings. The van der Waals surface area contributed by atoms with Crippen molar-refractivity contribution in [3.05, 3.63) is 41.4 Å². The number of aromatic amines is 1. The van der Waals surface area contributed by atoms with Crippen LogP contribution < -0.4 is 5.32 Å². The number of para-hydroxylation sites is 2. The van der Waals surface area contributed by atoms with E-state index < -0.39 is 0 Å². The Kier molecular flexibility index (Phi) is 2.30. The van der Waals surface area contributed by atoms with Crippen LogP contribution in [0.5, 0.6) is 0 Å². The van der Waals surface area contributed by atoms with Crippen molar-refractivity contribution in [1.29, 1.82) is 0 Å². The topological polar surface area (TPSA) is 53.6 Å². The van der Waals surface area contributed by atoms with Gasteiger partial charge < -0.3 is 10.3 Å². The van der Waals surface area contributed by atoms with Gasteiger partial charge in [-0.05, 0) is 29.7 Å². The zero-order valence-electron chi connectivity index (χ0n) is 8.47. The molecule has 16 heavy (non-hydrogen) atoms. The number of hydrogen-bond acceptors (Lipinski definition) is 4. The molecular formula is C11H10N4S. The van der Waals surface area contributed by atoms with Crippen molar-refractivity contribution in [3.8, 4) is 0 Å². The molecule has 0 saturated carbocycles. The Morgan fingerprint density at radius 1 is 1.25 bits per heavy atom. The molecule has 5 heteroatoms. The number of nitrogens with one attached hydrogen (secondary N) is 2. The van der Waals surface area contributed by atoms with E-state index in [9.17, 15) is 0 Å². The second-order valence-electron chi connectivity index (χ2n) is 3.43. The average molecular weight is 230 g/mol. The van der Waals surface area contributed by atoms with Crippen LogP contribution in [0.3, 0.4) is 0 Å². The summed E-state index contributed by atoms with van der Waals surface area (Å²) in [6.07, 6.45) is 1.81. The second-order valence-corrected chi connectivity index (χ2v) is 4.35. The van der Waals surface area contributed by atoms with Crippen molar-refractivity contribution in [2.24, 2.45) is 0 Å². The van der Waals surface area contributed by atoms with Gasteiger partial charge in [0.15, 0.2) is 0 Å². The molecule has 0 radical (unpaired) electrons. The SMILES string of the molecule is c1ccc2[nH]c(NCc3ccns3)nc2c1. The molecule has 2 N–H and O–H groups in total. The number of nitrogens with zero attached hydrogens (tertiary/aromatic N) is 2. The summed E-state index contributed by atoms with van der Waals surface area (Å²) < 4.78 is 4.05. The third-order valence-electron chi connectivity index (χ3n) is 2.31. The molecule has 0 unspecified atom stereocenters. The summed E-state index contributed by atoms with van der Waals surface area (Å²) in [4.78, 5) is 8.84. The van der Waals surface area contributed by atoms with Crippen LogP contribution in [0, 0.1) is 0 Å². The van der Waals surface area contributed by atoms with Crippen LogP contribution in [0.15, 0.2) is 36.5 Å². The molecule has 2 heterocycles. The van der Waals surface area contributed by atoms with E-state index in [0.29, 0.717) is 0 Å². The largest absolute Gasteiger partial charge is 0.351 e. The number of imidazole rings is 1. The maximum absolute atomic E-state index is 4.43. The molecule has 0 aliphatic heterocycles. The molecule has 1 aromatic carbocycles. The van der Waals surface area contributed by atoms with Crippen LogP contribution in [0.25, 0.3) is 11.0 Å². The summed E-state index contributed by atoms with van der Waals surface area (Å²) in [6, 6.07) is 9.98. The zero-order chi connectivity index (χ0) is 10.8. The van der Waals surface area contributed by atoms with Gasteiger partial charge in [-0.2, -0.15) is 0 Å². The molecule has 3 rings (SSSR count). The Labute approximate surface area is 96.5 Å². The Morgan fingerprint density at radius 2 is 2.19 bits per heavy atom. The number of anilines is 1. The standard InChI is InChI=1S/C11H10N4S/c1-2-4-10-9(3-1)14-11(15-10)12-7-8-5-6-13-16-8/h1-6H,7H2,(H2,12,14,15). The molecule has 0 aliphatic carbocycles. The highest BCUT2D eigenvalue weighted by Crippen LogP contribution is 2.14. The lowest BCUT2D eigenvalue weighted by atomic mass is 10.3. The molecule has 0 saturated heterocycles. The van der Waals surface area contributed by atoms with E-state index in [-0.39, 0.29) is 0 Å². The first-order valence-corrected chi connectivity index (χ1v) is 5.77. The lowest BCUT2D eigenvalue weighted by Crippen LogP contribution is -1.98. The van der Waals surface area contributed by atoms with Gasteiger partial charge in [0.1, 0.15) is 0 Å². The van der Waals surface area contributed by atoms with Crippen molar-refractivity contribution in [3.63, 3.8) is 0 Å². The highest BCUT2D eigenvalue weighted by Gasteiger charge is 2.01. The van der Waals surface area contributed by atoms with Gasteiger partial charge in [-0.3, -0.25) is 0 Å². The van der Waals surface area contributed by atoms with Gasteiger partial charge in [0.25, 0.3) is 0 Å². The summed E-state index contributed by atoms with van der Waals surface area (Å²) in [6.45, 7) is 0.754. The summed E-state index contributed by atoms with van der Waals surface area (Å²) in [5.41, 5.74) is 2.03. The van der Waals surface area contributed by atoms with Crippen LogP contribution in [-0.2, 0) is 6.54 Å². The Morgan fingerprint density at radius 3 is 3.00 bits per heavy atom. The predicted octanol–water partition coefficient (Wildman–Crippen LogP) is 2.63. The third-order valence-corrected chi connectivity index (χ3v) is 3.05. The minimum atomic E-state index is 0.754. The normalized spacial score (nSPS) is 10.8. The first-order chi connectivity index (χ1) is 7.92. The highest BCUT2D eigenvalue weighted by atomic mass is 32.1. The molecule has 0 aliphatic rings. The molecule has 0 bridgehead atoms. The lowest BCUT2D eigenvalue weighted by molar-refractivity contribution is 1.13. The van der Waals surface area contributed by atoms with E-state index in [1.165, 1.54) is 16.4 Å². The molecule has 0 spiro atoms. The summed E-state index contributed by atoms with van der Waals surface area (Å²) in [5, 5.41) is 3.24. The fourth-order valence-electron chi connectivity index (χ4n) is 1.54. The Bertz CT molecular complexity index is 552. The molecule has 3 aromatic rings. The lowest BCUT2D eigenvalue weighted by Gasteiger charge is -1.97. The Balaban J connectivity index is 1.79. The molecule has 4 nitrogen and oxygen atoms in total. The van der Waals surface area contributed by atoms with Crippen LogP contribution in [0.1, 0.15) is 4.88 Å². The van der Waals surface area contributed by atoms with Crippen molar-refractivity contribution >= 4 is 28.5 Å². The monoisotopic (exact) mass is 230 g/mol. The van der Waals surface area contributed by atoms with Gasteiger partial charge in [-0.25, -0.2) is 9.36 Å². The number of hydrogen-bond donors (Lipinski definition) is 2. The maximum Gasteiger partial charge on any atom is 0.201 e. The molecular weight excluding hydrogens is 220 g/mol. The van der Waals surface area contributed by atoms with Crippen LogP contribution in [0.4, 0.5) is 5.95 Å². The van der Waals surface area contributed by atoms with Crippen molar-refractivity contribution in [1.82, 2.24) is 14.3 Å². The summed E-state index contributed by atoms with van der Waals surface area (Å²) in [7, 11) is 0. The van der Waals surface area contributed by atoms with Gasteiger partial charge in [0, 0.05) is 11.1 Å². The van der Waals surface area contributed by atoms with Crippen LogP contribution in [-0.4, -0.2) is 14.3 Å².